The van der Waals surface area contributed by atoms with Gasteiger partial charge in [-0.2, -0.15) is 0 Å². The molecule has 0 fully saturated rings. The number of imide groups is 1. The number of halogens is 1. The Hall–Kier alpha value is -3.97. The van der Waals surface area contributed by atoms with Crippen LogP contribution in [-0.2, 0) is 9.53 Å². The van der Waals surface area contributed by atoms with Crippen molar-refractivity contribution in [1.82, 2.24) is 0 Å². The van der Waals surface area contributed by atoms with Gasteiger partial charge in [0, 0.05) is 10.7 Å². The highest BCUT2D eigenvalue weighted by Crippen LogP contribution is 2.31. The Morgan fingerprint density at radius 1 is 0.909 bits per heavy atom. The van der Waals surface area contributed by atoms with E-state index in [2.05, 4.69) is 5.32 Å². The Labute approximate surface area is 194 Å². The fourth-order valence-corrected chi connectivity index (χ4v) is 3.71. The van der Waals surface area contributed by atoms with E-state index in [1.54, 1.807) is 30.3 Å². The van der Waals surface area contributed by atoms with Crippen LogP contribution in [0.25, 0.3) is 0 Å². The van der Waals surface area contributed by atoms with Gasteiger partial charge in [0.05, 0.1) is 22.4 Å². The molecule has 0 radical (unpaired) electrons. The van der Waals surface area contributed by atoms with Gasteiger partial charge in [-0.15, -0.1) is 0 Å². The minimum absolute atomic E-state index is 0.0664. The van der Waals surface area contributed by atoms with E-state index >= 15 is 0 Å². The zero-order chi connectivity index (χ0) is 23.7. The third kappa shape index (κ3) is 4.49. The van der Waals surface area contributed by atoms with E-state index in [0.717, 1.165) is 16.0 Å². The Kier molecular flexibility index (Phi) is 5.98. The molecule has 0 spiro atoms. The summed E-state index contributed by atoms with van der Waals surface area (Å²) in [6.07, 6.45) is 0. The molecule has 3 aromatic rings. The van der Waals surface area contributed by atoms with Gasteiger partial charge in [-0.1, -0.05) is 29.3 Å². The maximum atomic E-state index is 13.0. The van der Waals surface area contributed by atoms with Crippen LogP contribution in [0.2, 0.25) is 5.02 Å². The van der Waals surface area contributed by atoms with E-state index in [1.165, 1.54) is 18.2 Å². The van der Waals surface area contributed by atoms with E-state index in [1.807, 2.05) is 26.0 Å². The summed E-state index contributed by atoms with van der Waals surface area (Å²) in [6, 6.07) is 16.0. The summed E-state index contributed by atoms with van der Waals surface area (Å²) in [5, 5.41) is 3.11. The molecule has 3 aromatic carbocycles. The van der Waals surface area contributed by atoms with Crippen LogP contribution in [0.15, 0.2) is 60.7 Å². The molecule has 0 bridgehead atoms. The lowest BCUT2D eigenvalue weighted by Gasteiger charge is -2.16. The summed E-state index contributed by atoms with van der Waals surface area (Å²) in [5.41, 5.74) is 3.19. The average Bonchev–Trinajstić information content (AvgIpc) is 3.03. The van der Waals surface area contributed by atoms with Crippen molar-refractivity contribution < 1.29 is 23.9 Å². The minimum atomic E-state index is -0.783. The van der Waals surface area contributed by atoms with Gasteiger partial charge in [-0.05, 0) is 67.9 Å². The predicted octanol–water partition coefficient (Wildman–Crippen LogP) is 4.55. The van der Waals surface area contributed by atoms with Crippen molar-refractivity contribution in [2.75, 3.05) is 16.8 Å². The van der Waals surface area contributed by atoms with Crippen LogP contribution in [0.5, 0.6) is 0 Å². The number of esters is 1. The van der Waals surface area contributed by atoms with E-state index in [-0.39, 0.29) is 16.7 Å². The topological polar surface area (TPSA) is 92.8 Å². The molecule has 0 aliphatic carbocycles. The number of hydrogen-bond acceptors (Lipinski definition) is 5. The second kappa shape index (κ2) is 8.88. The van der Waals surface area contributed by atoms with Crippen LogP contribution in [0.1, 0.15) is 42.2 Å². The summed E-state index contributed by atoms with van der Waals surface area (Å²) >= 11 is 5.81. The van der Waals surface area contributed by atoms with Crippen molar-refractivity contribution in [2.45, 2.75) is 13.8 Å². The first-order valence-corrected chi connectivity index (χ1v) is 10.4. The minimum Gasteiger partial charge on any atom is -0.452 e. The van der Waals surface area contributed by atoms with E-state index in [9.17, 15) is 19.2 Å². The van der Waals surface area contributed by atoms with Crippen LogP contribution in [0.3, 0.4) is 0 Å². The second-order valence-electron chi connectivity index (χ2n) is 7.63. The van der Waals surface area contributed by atoms with Gasteiger partial charge in [0.2, 0.25) is 0 Å². The lowest BCUT2D eigenvalue weighted by molar-refractivity contribution is -0.119. The summed E-state index contributed by atoms with van der Waals surface area (Å²) in [5.74, 6) is -2.28. The molecule has 0 unspecified atom stereocenters. The molecule has 1 heterocycles. The molecule has 0 saturated heterocycles. The van der Waals surface area contributed by atoms with Crippen molar-refractivity contribution in [1.29, 1.82) is 0 Å². The fourth-order valence-electron chi connectivity index (χ4n) is 3.59. The summed E-state index contributed by atoms with van der Waals surface area (Å²) in [6.45, 7) is 3.23. The highest BCUT2D eigenvalue weighted by molar-refractivity contribution is 6.35. The van der Waals surface area contributed by atoms with Gasteiger partial charge in [-0.3, -0.25) is 14.4 Å². The van der Waals surface area contributed by atoms with E-state index in [0.29, 0.717) is 16.4 Å². The zero-order valence-corrected chi connectivity index (χ0v) is 18.6. The highest BCUT2D eigenvalue weighted by atomic mass is 35.5. The number of aryl methyl sites for hydroxylation is 2. The number of carbonyl (C=O) groups excluding carboxylic acids is 4. The van der Waals surface area contributed by atoms with Gasteiger partial charge in [-0.25, -0.2) is 9.69 Å². The third-order valence-corrected chi connectivity index (χ3v) is 5.43. The maximum absolute atomic E-state index is 13.0. The Bertz CT molecular complexity index is 1300. The number of anilines is 2. The lowest BCUT2D eigenvalue weighted by Crippen LogP contribution is -2.30. The van der Waals surface area contributed by atoms with Crippen molar-refractivity contribution >= 4 is 46.7 Å². The number of carbonyl (C=O) groups is 4. The van der Waals surface area contributed by atoms with Crippen molar-refractivity contribution in [3.8, 4) is 0 Å². The standard InChI is InChI=1S/C25H19ClN2O5/c1-14-3-10-21(15(2)11-14)28-23(30)19-9-4-16(12-20(19)24(28)31)25(32)33-13-22(29)27-18-7-5-17(26)6-8-18/h3-12H,13H2,1-2H3,(H,27,29). The first-order valence-electron chi connectivity index (χ1n) is 10.1. The molecule has 7 nitrogen and oxygen atoms in total. The first kappa shape index (κ1) is 22.2. The number of benzene rings is 3. The molecule has 1 aliphatic heterocycles. The van der Waals surface area contributed by atoms with Crippen LogP contribution >= 0.6 is 11.6 Å². The molecular weight excluding hydrogens is 444 g/mol. The van der Waals surface area contributed by atoms with Gasteiger partial charge < -0.3 is 10.1 Å². The monoisotopic (exact) mass is 462 g/mol. The molecule has 166 valence electrons. The van der Waals surface area contributed by atoms with E-state index < -0.39 is 30.3 Å². The van der Waals surface area contributed by atoms with Crippen LogP contribution in [0.4, 0.5) is 11.4 Å². The number of nitrogens with zero attached hydrogens (tertiary/aromatic N) is 1. The number of amides is 3. The molecular formula is C25H19ClN2O5. The highest BCUT2D eigenvalue weighted by Gasteiger charge is 2.37. The predicted molar refractivity (Wildman–Crippen MR) is 124 cm³/mol. The Balaban J connectivity index is 1.46. The zero-order valence-electron chi connectivity index (χ0n) is 17.8. The van der Waals surface area contributed by atoms with Gasteiger partial charge in [0.1, 0.15) is 0 Å². The van der Waals surface area contributed by atoms with Gasteiger partial charge in [0.15, 0.2) is 6.61 Å². The van der Waals surface area contributed by atoms with Crippen LogP contribution in [0, 0.1) is 13.8 Å². The molecule has 4 rings (SSSR count). The maximum Gasteiger partial charge on any atom is 0.338 e. The molecule has 1 aliphatic rings. The Morgan fingerprint density at radius 2 is 1.61 bits per heavy atom. The Morgan fingerprint density at radius 3 is 2.30 bits per heavy atom. The van der Waals surface area contributed by atoms with Crippen LogP contribution in [-0.4, -0.2) is 30.3 Å². The second-order valence-corrected chi connectivity index (χ2v) is 8.06. The van der Waals surface area contributed by atoms with Crippen molar-refractivity contribution in [3.05, 3.63) is 93.5 Å². The summed E-state index contributed by atoms with van der Waals surface area (Å²) < 4.78 is 5.06. The lowest BCUT2D eigenvalue weighted by atomic mass is 10.1. The smallest absolute Gasteiger partial charge is 0.338 e. The quantitative estimate of drug-likeness (QED) is 0.443. The normalized spacial score (nSPS) is 12.5. The number of fused-ring (bicyclic) bond motifs is 1. The number of nitrogens with one attached hydrogen (secondary N) is 1. The van der Waals surface area contributed by atoms with Gasteiger partial charge >= 0.3 is 5.97 Å². The molecule has 33 heavy (non-hydrogen) atoms. The largest absolute Gasteiger partial charge is 0.452 e. The first-order chi connectivity index (χ1) is 15.7. The molecule has 3 amide bonds. The number of hydrogen-bond donors (Lipinski definition) is 1. The van der Waals surface area contributed by atoms with Gasteiger partial charge in [0.25, 0.3) is 17.7 Å². The average molecular weight is 463 g/mol. The third-order valence-electron chi connectivity index (χ3n) is 5.18. The molecule has 0 saturated carbocycles. The SMILES string of the molecule is Cc1ccc(N2C(=O)c3ccc(C(=O)OCC(=O)Nc4ccc(Cl)cc4)cc3C2=O)c(C)c1. The van der Waals surface area contributed by atoms with E-state index in [4.69, 9.17) is 16.3 Å². The summed E-state index contributed by atoms with van der Waals surface area (Å²) in [7, 11) is 0. The molecule has 1 N–H and O–H groups in total. The molecule has 8 heteroatoms. The van der Waals surface area contributed by atoms with Crippen molar-refractivity contribution in [3.63, 3.8) is 0 Å². The number of ether oxygens (including phenoxy) is 1. The molecule has 0 atom stereocenters. The van der Waals surface area contributed by atoms with Crippen LogP contribution < -0.4 is 10.2 Å². The fraction of sp³-hybridized carbons (Fsp3) is 0.120. The molecule has 0 aromatic heterocycles. The number of rotatable bonds is 5. The summed E-state index contributed by atoms with van der Waals surface area (Å²) in [4.78, 5) is 51.5. The van der Waals surface area contributed by atoms with Crippen molar-refractivity contribution in [2.24, 2.45) is 0 Å².